The normalized spacial score (nSPS) is 33.0. The van der Waals surface area contributed by atoms with Crippen molar-refractivity contribution in [3.8, 4) is 0 Å². The molecule has 2 amide bonds. The van der Waals surface area contributed by atoms with Crippen molar-refractivity contribution in [1.82, 2.24) is 10.2 Å². The molecular weight excluding hydrogens is 392 g/mol. The maximum Gasteiger partial charge on any atom is 0.252 e. The number of benzene rings is 1. The van der Waals surface area contributed by atoms with Crippen LogP contribution in [0.1, 0.15) is 68.6 Å². The van der Waals surface area contributed by atoms with Crippen molar-refractivity contribution in [2.75, 3.05) is 18.8 Å². The van der Waals surface area contributed by atoms with Gasteiger partial charge in [0, 0.05) is 24.0 Å². The van der Waals surface area contributed by atoms with Gasteiger partial charge in [0.25, 0.3) is 5.91 Å². The van der Waals surface area contributed by atoms with Crippen LogP contribution < -0.4 is 5.32 Å². The van der Waals surface area contributed by atoms with Gasteiger partial charge in [-0.25, -0.2) is 0 Å². The first-order chi connectivity index (χ1) is 14.5. The van der Waals surface area contributed by atoms with Crippen molar-refractivity contribution in [2.45, 2.75) is 69.2 Å². The molecule has 5 fully saturated rings. The summed E-state index contributed by atoms with van der Waals surface area (Å²) in [5.74, 6) is 3.28. The van der Waals surface area contributed by atoms with Crippen LogP contribution in [-0.2, 0) is 4.79 Å². The lowest BCUT2D eigenvalue weighted by atomic mass is 9.48. The Morgan fingerprint density at radius 1 is 1.07 bits per heavy atom. The maximum atomic E-state index is 13.3. The van der Waals surface area contributed by atoms with Crippen molar-refractivity contribution in [3.05, 3.63) is 29.8 Å². The highest BCUT2D eigenvalue weighted by Crippen LogP contribution is 2.61. The first kappa shape index (κ1) is 20.4. The third-order valence-electron chi connectivity index (χ3n) is 8.29. The number of rotatable bonds is 6. The number of hydrogen-bond acceptors (Lipinski definition) is 3. The molecule has 1 atom stereocenters. The van der Waals surface area contributed by atoms with Crippen LogP contribution in [0, 0.1) is 23.2 Å². The molecule has 0 aromatic heterocycles. The number of likely N-dealkylation sites (tertiary alicyclic amines) is 1. The summed E-state index contributed by atoms with van der Waals surface area (Å²) in [4.78, 5) is 28.6. The number of carbonyl (C=O) groups excluding carboxylic acids is 2. The maximum absolute atomic E-state index is 13.3. The minimum absolute atomic E-state index is 0.0231. The van der Waals surface area contributed by atoms with E-state index in [4.69, 9.17) is 0 Å². The zero-order chi connectivity index (χ0) is 20.7. The van der Waals surface area contributed by atoms with Crippen molar-refractivity contribution in [3.63, 3.8) is 0 Å². The summed E-state index contributed by atoms with van der Waals surface area (Å²) in [5.41, 5.74) is 1.02. The molecule has 4 saturated carbocycles. The van der Waals surface area contributed by atoms with Crippen LogP contribution in [0.25, 0.3) is 0 Å². The van der Waals surface area contributed by atoms with Gasteiger partial charge in [0.1, 0.15) is 0 Å². The molecule has 1 aromatic carbocycles. The van der Waals surface area contributed by atoms with Gasteiger partial charge in [0.2, 0.25) is 5.91 Å². The first-order valence-electron chi connectivity index (χ1n) is 11.8. The lowest BCUT2D eigenvalue weighted by Gasteiger charge is -2.59. The molecule has 30 heavy (non-hydrogen) atoms. The Kier molecular flexibility index (Phi) is 5.59. The second-order valence-corrected chi connectivity index (χ2v) is 11.4. The van der Waals surface area contributed by atoms with E-state index in [1.54, 1.807) is 0 Å². The molecule has 1 aromatic rings. The second kappa shape index (κ2) is 8.22. The van der Waals surface area contributed by atoms with Crippen LogP contribution in [0.15, 0.2) is 29.2 Å². The molecule has 4 nitrogen and oxygen atoms in total. The molecule has 1 heterocycles. The summed E-state index contributed by atoms with van der Waals surface area (Å²) < 4.78 is 0. The first-order valence-corrected chi connectivity index (χ1v) is 12.8. The fourth-order valence-corrected chi connectivity index (χ4v) is 8.07. The smallest absolute Gasteiger partial charge is 0.252 e. The molecule has 4 aliphatic carbocycles. The van der Waals surface area contributed by atoms with E-state index in [2.05, 4.69) is 12.2 Å². The number of thioether (sulfide) groups is 1. The fraction of sp³-hybridized carbons (Fsp3) is 0.680. The van der Waals surface area contributed by atoms with Gasteiger partial charge in [-0.05, 0) is 93.6 Å². The molecule has 1 saturated heterocycles. The number of amides is 2. The topological polar surface area (TPSA) is 49.4 Å². The van der Waals surface area contributed by atoms with Crippen LogP contribution in [0.3, 0.4) is 0 Å². The zero-order valence-electron chi connectivity index (χ0n) is 18.1. The Morgan fingerprint density at radius 2 is 1.67 bits per heavy atom. The van der Waals surface area contributed by atoms with Crippen LogP contribution >= 0.6 is 11.8 Å². The predicted molar refractivity (Wildman–Crippen MR) is 121 cm³/mol. The third-order valence-corrected chi connectivity index (χ3v) is 9.35. The van der Waals surface area contributed by atoms with E-state index in [1.165, 1.54) is 50.3 Å². The van der Waals surface area contributed by atoms with Gasteiger partial charge < -0.3 is 10.2 Å². The largest absolute Gasteiger partial charge is 0.349 e. The van der Waals surface area contributed by atoms with Crippen molar-refractivity contribution >= 4 is 23.6 Å². The van der Waals surface area contributed by atoms with E-state index in [-0.39, 0.29) is 17.9 Å². The quantitative estimate of drug-likeness (QED) is 0.669. The van der Waals surface area contributed by atoms with Crippen LogP contribution in [0.2, 0.25) is 0 Å². The molecule has 5 aliphatic rings. The molecule has 0 spiro atoms. The summed E-state index contributed by atoms with van der Waals surface area (Å²) in [5, 5.41) is 3.39. The molecule has 0 radical (unpaired) electrons. The minimum Gasteiger partial charge on any atom is -0.349 e. The summed E-state index contributed by atoms with van der Waals surface area (Å²) in [7, 11) is 0. The van der Waals surface area contributed by atoms with E-state index in [0.717, 1.165) is 48.6 Å². The van der Waals surface area contributed by atoms with Crippen LogP contribution in [-0.4, -0.2) is 41.6 Å². The lowest BCUT2D eigenvalue weighted by Crippen LogP contribution is -2.55. The summed E-state index contributed by atoms with van der Waals surface area (Å²) in [6.07, 6.45) is 10.4. The Labute approximate surface area is 184 Å². The van der Waals surface area contributed by atoms with Crippen LogP contribution in [0.4, 0.5) is 0 Å². The van der Waals surface area contributed by atoms with Gasteiger partial charge in [0.05, 0.1) is 11.3 Å². The second-order valence-electron chi connectivity index (χ2n) is 10.3. The van der Waals surface area contributed by atoms with E-state index < -0.39 is 0 Å². The average molecular weight is 427 g/mol. The predicted octanol–water partition coefficient (Wildman–Crippen LogP) is 4.74. The lowest BCUT2D eigenvalue weighted by molar-refractivity contribution is -0.127. The highest BCUT2D eigenvalue weighted by atomic mass is 32.2. The van der Waals surface area contributed by atoms with Gasteiger partial charge in [-0.3, -0.25) is 9.59 Å². The molecule has 1 unspecified atom stereocenters. The van der Waals surface area contributed by atoms with E-state index in [0.29, 0.717) is 16.7 Å². The number of carbonyl (C=O) groups is 2. The Hall–Kier alpha value is -1.49. The monoisotopic (exact) mass is 426 g/mol. The number of nitrogens with zero attached hydrogens (tertiary/aromatic N) is 1. The van der Waals surface area contributed by atoms with Gasteiger partial charge in [-0.15, -0.1) is 11.8 Å². The fourth-order valence-electron chi connectivity index (χ4n) is 7.11. The van der Waals surface area contributed by atoms with Gasteiger partial charge in [0.15, 0.2) is 0 Å². The van der Waals surface area contributed by atoms with Gasteiger partial charge in [-0.2, -0.15) is 0 Å². The standard InChI is InChI=1S/C25H34N2O2S/c1-17(25-13-18-10-19(14-25)12-20(11-18)15-25)26-24(29)21-6-2-3-7-22(21)30-16-23(28)27-8-4-5-9-27/h2-3,6-7,17-20H,4-5,8-16H2,1H3,(H,26,29). The van der Waals surface area contributed by atoms with Crippen molar-refractivity contribution in [2.24, 2.45) is 23.2 Å². The average Bonchev–Trinajstić information content (AvgIpc) is 3.26. The zero-order valence-corrected chi connectivity index (χ0v) is 18.9. The SMILES string of the molecule is CC(NC(=O)c1ccccc1SCC(=O)N1CCCC1)C12CC3CC(CC(C3)C1)C2. The Morgan fingerprint density at radius 3 is 2.30 bits per heavy atom. The molecule has 162 valence electrons. The highest BCUT2D eigenvalue weighted by molar-refractivity contribution is 8.00. The highest BCUT2D eigenvalue weighted by Gasteiger charge is 2.53. The minimum atomic E-state index is 0.0231. The van der Waals surface area contributed by atoms with Crippen LogP contribution in [0.5, 0.6) is 0 Å². The summed E-state index contributed by atoms with van der Waals surface area (Å²) in [6.45, 7) is 3.99. The van der Waals surface area contributed by atoms with E-state index in [1.807, 2.05) is 29.2 Å². The molecular formula is C25H34N2O2S. The van der Waals surface area contributed by atoms with Crippen molar-refractivity contribution < 1.29 is 9.59 Å². The number of hydrogen-bond donors (Lipinski definition) is 1. The number of nitrogens with one attached hydrogen (secondary N) is 1. The molecule has 1 aliphatic heterocycles. The van der Waals surface area contributed by atoms with E-state index >= 15 is 0 Å². The third kappa shape index (κ3) is 3.90. The van der Waals surface area contributed by atoms with Gasteiger partial charge in [-0.1, -0.05) is 12.1 Å². The summed E-state index contributed by atoms with van der Waals surface area (Å²) >= 11 is 1.50. The van der Waals surface area contributed by atoms with E-state index in [9.17, 15) is 9.59 Å². The Balaban J connectivity index is 1.24. The molecule has 1 N–H and O–H groups in total. The summed E-state index contributed by atoms with van der Waals surface area (Å²) in [6, 6.07) is 7.98. The van der Waals surface area contributed by atoms with Gasteiger partial charge >= 0.3 is 0 Å². The molecule has 4 bridgehead atoms. The molecule has 5 heteroatoms. The molecule has 6 rings (SSSR count). The van der Waals surface area contributed by atoms with Crippen molar-refractivity contribution in [1.29, 1.82) is 0 Å². The Bertz CT molecular complexity index is 782.